The molecule has 10 heteroatoms. The highest BCUT2D eigenvalue weighted by Gasteiger charge is 2.42. The van der Waals surface area contributed by atoms with Crippen molar-refractivity contribution >= 4 is 23.5 Å². The zero-order chi connectivity index (χ0) is 34.7. The number of esters is 1. The van der Waals surface area contributed by atoms with E-state index in [0.717, 1.165) is 17.5 Å². The SMILES string of the molecule is CC1CCC(c2ccc(C(OC(=O)COCC(=O)NCCCOCCOCCOCCCN)(c3ccccc3)c3ccccc3Cl)cc2)C1. The Morgan fingerprint density at radius 3 is 2.06 bits per heavy atom. The van der Waals surface area contributed by atoms with E-state index in [-0.39, 0.29) is 12.5 Å². The van der Waals surface area contributed by atoms with Gasteiger partial charge in [0.25, 0.3) is 0 Å². The first-order chi connectivity index (χ1) is 23.9. The van der Waals surface area contributed by atoms with Crippen molar-refractivity contribution in [1.29, 1.82) is 0 Å². The second-order valence-electron chi connectivity index (χ2n) is 12.4. The molecule has 1 amide bonds. The topological polar surface area (TPSA) is 118 Å². The highest BCUT2D eigenvalue weighted by atomic mass is 35.5. The summed E-state index contributed by atoms with van der Waals surface area (Å²) >= 11 is 6.82. The lowest BCUT2D eigenvalue weighted by molar-refractivity contribution is -0.159. The number of nitrogens with two attached hydrogens (primary N) is 1. The van der Waals surface area contributed by atoms with E-state index in [4.69, 9.17) is 41.0 Å². The number of rotatable bonds is 22. The Balaban J connectivity index is 1.30. The molecule has 0 heterocycles. The average molecular weight is 695 g/mol. The number of carbonyl (C=O) groups is 2. The average Bonchev–Trinajstić information content (AvgIpc) is 3.56. The minimum absolute atomic E-state index is 0.282. The summed E-state index contributed by atoms with van der Waals surface area (Å²) in [6.07, 6.45) is 5.04. The summed E-state index contributed by atoms with van der Waals surface area (Å²) in [5, 5.41) is 3.25. The predicted molar refractivity (Wildman–Crippen MR) is 191 cm³/mol. The summed E-state index contributed by atoms with van der Waals surface area (Å²) in [4.78, 5) is 25.9. The van der Waals surface area contributed by atoms with E-state index in [2.05, 4.69) is 24.4 Å². The number of nitrogens with one attached hydrogen (secondary N) is 1. The Morgan fingerprint density at radius 2 is 1.41 bits per heavy atom. The molecule has 3 aromatic rings. The molecule has 0 radical (unpaired) electrons. The lowest BCUT2D eigenvalue weighted by Crippen LogP contribution is -2.37. The second kappa shape index (κ2) is 21.0. The van der Waals surface area contributed by atoms with Crippen molar-refractivity contribution in [2.75, 3.05) is 65.9 Å². The molecule has 266 valence electrons. The van der Waals surface area contributed by atoms with Crippen LogP contribution in [-0.2, 0) is 38.9 Å². The zero-order valence-corrected chi connectivity index (χ0v) is 29.3. The van der Waals surface area contributed by atoms with Gasteiger partial charge in [0.05, 0.1) is 26.4 Å². The molecule has 3 N–H and O–H groups in total. The molecule has 1 aliphatic carbocycles. The van der Waals surface area contributed by atoms with Crippen LogP contribution in [0.4, 0.5) is 0 Å². The van der Waals surface area contributed by atoms with Crippen LogP contribution in [0.3, 0.4) is 0 Å². The van der Waals surface area contributed by atoms with Crippen molar-refractivity contribution in [1.82, 2.24) is 5.32 Å². The first kappa shape index (κ1) is 38.5. The van der Waals surface area contributed by atoms with Gasteiger partial charge in [-0.2, -0.15) is 0 Å². The second-order valence-corrected chi connectivity index (χ2v) is 12.8. The van der Waals surface area contributed by atoms with Crippen LogP contribution in [0.5, 0.6) is 0 Å². The molecule has 0 bridgehead atoms. The Morgan fingerprint density at radius 1 is 0.776 bits per heavy atom. The third kappa shape index (κ3) is 11.9. The van der Waals surface area contributed by atoms with E-state index in [1.807, 2.05) is 60.7 Å². The summed E-state index contributed by atoms with van der Waals surface area (Å²) in [5.74, 6) is 0.283. The molecule has 4 rings (SSSR count). The maximum absolute atomic E-state index is 13.5. The van der Waals surface area contributed by atoms with E-state index >= 15 is 0 Å². The predicted octanol–water partition coefficient (Wildman–Crippen LogP) is 6.00. The van der Waals surface area contributed by atoms with E-state index in [1.165, 1.54) is 24.8 Å². The first-order valence-electron chi connectivity index (χ1n) is 17.3. The Bertz CT molecular complexity index is 1410. The normalized spacial score (nSPS) is 17.0. The van der Waals surface area contributed by atoms with Gasteiger partial charge in [0.1, 0.15) is 13.2 Å². The largest absolute Gasteiger partial charge is 0.442 e. The van der Waals surface area contributed by atoms with Gasteiger partial charge >= 0.3 is 5.97 Å². The van der Waals surface area contributed by atoms with Crippen molar-refractivity contribution in [2.24, 2.45) is 11.7 Å². The number of hydrogen-bond donors (Lipinski definition) is 2. The van der Waals surface area contributed by atoms with Gasteiger partial charge < -0.3 is 34.7 Å². The number of carbonyl (C=O) groups excluding carboxylic acids is 2. The molecule has 0 spiro atoms. The van der Waals surface area contributed by atoms with Gasteiger partial charge in [0.2, 0.25) is 5.91 Å². The van der Waals surface area contributed by atoms with Crippen molar-refractivity contribution in [3.63, 3.8) is 0 Å². The third-order valence-corrected chi connectivity index (χ3v) is 8.99. The highest BCUT2D eigenvalue weighted by molar-refractivity contribution is 6.31. The molecule has 3 aromatic carbocycles. The summed E-state index contributed by atoms with van der Waals surface area (Å²) in [7, 11) is 0. The van der Waals surface area contributed by atoms with E-state index < -0.39 is 18.2 Å². The highest BCUT2D eigenvalue weighted by Crippen LogP contribution is 2.45. The summed E-state index contributed by atoms with van der Waals surface area (Å²) in [5.41, 5.74) is 7.52. The fourth-order valence-electron chi connectivity index (χ4n) is 6.18. The number of hydrogen-bond acceptors (Lipinski definition) is 8. The minimum Gasteiger partial charge on any atom is -0.442 e. The Kier molecular flexibility index (Phi) is 16.5. The van der Waals surface area contributed by atoms with Crippen LogP contribution >= 0.6 is 11.6 Å². The van der Waals surface area contributed by atoms with Crippen LogP contribution in [0, 0.1) is 5.92 Å². The van der Waals surface area contributed by atoms with Crippen LogP contribution in [0.25, 0.3) is 0 Å². The van der Waals surface area contributed by atoms with Gasteiger partial charge in [-0.1, -0.05) is 97.7 Å². The maximum Gasteiger partial charge on any atom is 0.333 e. The first-order valence-corrected chi connectivity index (χ1v) is 17.7. The summed E-state index contributed by atoms with van der Waals surface area (Å²) in [6, 6.07) is 25.3. The van der Waals surface area contributed by atoms with E-state index in [0.29, 0.717) is 81.6 Å². The molecule has 1 fully saturated rings. The molecule has 0 aromatic heterocycles. The molecule has 1 saturated carbocycles. The molecule has 0 saturated heterocycles. The molecule has 3 atom stereocenters. The third-order valence-electron chi connectivity index (χ3n) is 8.66. The minimum atomic E-state index is -1.34. The van der Waals surface area contributed by atoms with Crippen molar-refractivity contribution in [2.45, 2.75) is 50.5 Å². The molecular formula is C39H51ClN2O7. The van der Waals surface area contributed by atoms with Crippen LogP contribution in [0.1, 0.15) is 67.2 Å². The molecule has 0 aliphatic heterocycles. The molecule has 9 nitrogen and oxygen atoms in total. The fraction of sp³-hybridized carbons (Fsp3) is 0.487. The lowest BCUT2D eigenvalue weighted by atomic mass is 9.79. The monoisotopic (exact) mass is 694 g/mol. The van der Waals surface area contributed by atoms with Gasteiger partial charge in [-0.15, -0.1) is 0 Å². The van der Waals surface area contributed by atoms with Gasteiger partial charge in [0, 0.05) is 41.5 Å². The van der Waals surface area contributed by atoms with Crippen molar-refractivity contribution in [3.05, 3.63) is 106 Å². The van der Waals surface area contributed by atoms with Crippen LogP contribution in [0.15, 0.2) is 78.9 Å². The number of ether oxygens (including phenoxy) is 5. The van der Waals surface area contributed by atoms with Crippen molar-refractivity contribution < 1.29 is 33.3 Å². The van der Waals surface area contributed by atoms with Gasteiger partial charge in [-0.05, 0) is 55.7 Å². The van der Waals surface area contributed by atoms with Gasteiger partial charge in [-0.25, -0.2) is 4.79 Å². The summed E-state index contributed by atoms with van der Waals surface area (Å²) in [6.45, 7) is 5.76. The molecule has 49 heavy (non-hydrogen) atoms. The molecular weight excluding hydrogens is 644 g/mol. The smallest absolute Gasteiger partial charge is 0.333 e. The number of halogens is 1. The van der Waals surface area contributed by atoms with Crippen LogP contribution < -0.4 is 11.1 Å². The van der Waals surface area contributed by atoms with Crippen LogP contribution in [-0.4, -0.2) is 77.8 Å². The van der Waals surface area contributed by atoms with Gasteiger partial charge in [-0.3, -0.25) is 4.79 Å². The van der Waals surface area contributed by atoms with Crippen LogP contribution in [0.2, 0.25) is 5.02 Å². The zero-order valence-electron chi connectivity index (χ0n) is 28.6. The van der Waals surface area contributed by atoms with Gasteiger partial charge in [0.15, 0.2) is 5.60 Å². The Hall–Kier alpha value is -3.31. The van der Waals surface area contributed by atoms with E-state index in [9.17, 15) is 9.59 Å². The lowest BCUT2D eigenvalue weighted by Gasteiger charge is -2.36. The molecule has 3 unspecified atom stereocenters. The fourth-order valence-corrected chi connectivity index (χ4v) is 6.45. The number of benzene rings is 3. The quantitative estimate of drug-likeness (QED) is 0.0747. The standard InChI is InChI=1S/C39H51ClN2O7/c1-30-13-14-32(27-30)31-15-17-34(18-16-31)39(33-9-3-2-4-10-33,35-11-5-6-12-36(35)40)49-38(44)29-48-28-37(43)42-20-8-22-46-24-26-47-25-23-45-21-7-19-41/h2-6,9-12,15-18,30,32H,7-8,13-14,19-29,41H2,1H3,(H,42,43). The van der Waals surface area contributed by atoms with Crippen molar-refractivity contribution in [3.8, 4) is 0 Å². The molecule has 1 aliphatic rings. The summed E-state index contributed by atoms with van der Waals surface area (Å²) < 4.78 is 28.3. The van der Waals surface area contributed by atoms with E-state index in [1.54, 1.807) is 6.07 Å². The maximum atomic E-state index is 13.5. The Labute approximate surface area is 295 Å². The number of amides is 1.